The lowest BCUT2D eigenvalue weighted by Gasteiger charge is -2.11. The zero-order chi connectivity index (χ0) is 25.9. The fourth-order valence-electron chi connectivity index (χ4n) is 3.40. The number of benzene rings is 1. The van der Waals surface area contributed by atoms with Crippen molar-refractivity contribution in [1.29, 1.82) is 0 Å². The van der Waals surface area contributed by atoms with Crippen LogP contribution in [0.4, 0.5) is 19.6 Å². The predicted molar refractivity (Wildman–Crippen MR) is 136 cm³/mol. The van der Waals surface area contributed by atoms with Crippen LogP contribution in [0.15, 0.2) is 54.1 Å². The number of thiazole rings is 1. The van der Waals surface area contributed by atoms with Crippen molar-refractivity contribution in [3.05, 3.63) is 71.8 Å². The molecular weight excluding hydrogens is 510 g/mol. The molecule has 0 saturated heterocycles. The number of allylic oxidation sites excluding steroid dienone is 1. The number of fused-ring (bicyclic) bond motifs is 1. The van der Waals surface area contributed by atoms with Gasteiger partial charge in [0.1, 0.15) is 11.5 Å². The molecule has 0 bridgehead atoms. The lowest BCUT2D eigenvalue weighted by Crippen LogP contribution is -2.18. The molecule has 4 aromatic rings. The van der Waals surface area contributed by atoms with Gasteiger partial charge in [-0.3, -0.25) is 9.52 Å². The minimum absolute atomic E-state index is 0.0263. The van der Waals surface area contributed by atoms with Crippen molar-refractivity contribution in [1.82, 2.24) is 15.0 Å². The number of sulfonamides is 1. The molecule has 0 amide bonds. The first-order chi connectivity index (χ1) is 17.2. The first-order valence-corrected chi connectivity index (χ1v) is 13.1. The van der Waals surface area contributed by atoms with Gasteiger partial charge in [-0.15, -0.1) is 0 Å². The number of nitrogens with two attached hydrogens (primary N) is 1. The van der Waals surface area contributed by atoms with Crippen molar-refractivity contribution in [2.75, 3.05) is 10.5 Å². The van der Waals surface area contributed by atoms with Crippen molar-refractivity contribution < 1.29 is 22.0 Å². The van der Waals surface area contributed by atoms with E-state index in [2.05, 4.69) is 24.7 Å². The van der Waals surface area contributed by atoms with E-state index in [-0.39, 0.29) is 11.3 Å². The van der Waals surface area contributed by atoms with Crippen LogP contribution in [0.3, 0.4) is 0 Å². The van der Waals surface area contributed by atoms with E-state index in [0.29, 0.717) is 33.0 Å². The summed E-state index contributed by atoms with van der Waals surface area (Å²) in [6.45, 7) is 1.65. The van der Waals surface area contributed by atoms with Gasteiger partial charge in [-0.05, 0) is 36.9 Å². The van der Waals surface area contributed by atoms with Crippen LogP contribution >= 0.6 is 11.3 Å². The standard InChI is InChI=1S/C23H20F2N6O3S2/c1-2-8-36(33,34)31-17-5-4-16(24)19(20(17)25)21(32)15-11-29-22-14(15)9-13(10-28-22)18-12-30-23(35-18)27-7-3-6-26/h3-7,9-12,31H,2,8,26H2,1H3,(H,28,29). The third kappa shape index (κ3) is 5.16. The third-order valence-corrected chi connectivity index (χ3v) is 7.42. The zero-order valence-electron chi connectivity index (χ0n) is 18.8. The highest BCUT2D eigenvalue weighted by Gasteiger charge is 2.26. The van der Waals surface area contributed by atoms with Gasteiger partial charge in [-0.1, -0.05) is 18.3 Å². The second-order valence-corrected chi connectivity index (χ2v) is 10.4. The molecule has 0 unspecified atom stereocenters. The Morgan fingerprint density at radius 3 is 2.83 bits per heavy atom. The third-order valence-electron chi connectivity index (χ3n) is 4.99. The number of nitrogens with zero attached hydrogens (tertiary/aromatic N) is 3. The summed E-state index contributed by atoms with van der Waals surface area (Å²) in [7, 11) is -3.86. The molecule has 3 heterocycles. The van der Waals surface area contributed by atoms with Gasteiger partial charge in [0.2, 0.25) is 20.9 Å². The van der Waals surface area contributed by atoms with Crippen molar-refractivity contribution in [3.8, 4) is 10.4 Å². The number of aromatic nitrogens is 3. The molecule has 0 fully saturated rings. The average molecular weight is 531 g/mol. The number of rotatable bonds is 9. The normalized spacial score (nSPS) is 12.2. The van der Waals surface area contributed by atoms with E-state index in [9.17, 15) is 17.6 Å². The van der Waals surface area contributed by atoms with E-state index in [4.69, 9.17) is 5.73 Å². The van der Waals surface area contributed by atoms with Crippen molar-refractivity contribution in [2.45, 2.75) is 13.3 Å². The molecule has 1 aromatic carbocycles. The number of carbonyl (C=O) groups excluding carboxylic acids is 1. The van der Waals surface area contributed by atoms with Gasteiger partial charge in [-0.25, -0.2) is 32.2 Å². The first-order valence-electron chi connectivity index (χ1n) is 10.6. The van der Waals surface area contributed by atoms with Gasteiger partial charge in [0.15, 0.2) is 5.82 Å². The number of carbonyl (C=O) groups is 1. The maximum atomic E-state index is 15.2. The molecule has 4 rings (SSSR count). The van der Waals surface area contributed by atoms with Crippen LogP contribution in [0.5, 0.6) is 0 Å². The number of aromatic amines is 1. The van der Waals surface area contributed by atoms with Crippen LogP contribution in [-0.4, -0.2) is 41.1 Å². The summed E-state index contributed by atoms with van der Waals surface area (Å²) < 4.78 is 56.0. The summed E-state index contributed by atoms with van der Waals surface area (Å²) in [5, 5.41) is 0.804. The summed E-state index contributed by atoms with van der Waals surface area (Å²) in [6, 6.07) is 3.44. The smallest absolute Gasteiger partial charge is 0.232 e. The van der Waals surface area contributed by atoms with Gasteiger partial charge in [0.25, 0.3) is 0 Å². The minimum Gasteiger partial charge on any atom is -0.405 e. The number of nitrogens with one attached hydrogen (secondary N) is 2. The summed E-state index contributed by atoms with van der Waals surface area (Å²) >= 11 is 1.27. The molecule has 4 N–H and O–H groups in total. The summed E-state index contributed by atoms with van der Waals surface area (Å²) in [4.78, 5) is 29.4. The van der Waals surface area contributed by atoms with Gasteiger partial charge in [0, 0.05) is 41.3 Å². The number of aliphatic imine (C=N–C) groups is 1. The van der Waals surface area contributed by atoms with Gasteiger partial charge in [0.05, 0.1) is 21.9 Å². The molecule has 0 aliphatic heterocycles. The van der Waals surface area contributed by atoms with Crippen molar-refractivity contribution in [2.24, 2.45) is 10.7 Å². The lowest BCUT2D eigenvalue weighted by atomic mass is 10.0. The van der Waals surface area contributed by atoms with Crippen LogP contribution in [-0.2, 0) is 10.0 Å². The molecule has 36 heavy (non-hydrogen) atoms. The second kappa shape index (κ2) is 10.3. The SMILES string of the molecule is CCCS(=O)(=O)Nc1ccc(F)c(C(=O)c2c[nH]c3ncc(-c4cnc(N=CC=CN)s4)cc23)c1F. The zero-order valence-corrected chi connectivity index (χ0v) is 20.5. The average Bonchev–Trinajstić information content (AvgIpc) is 3.48. The Hall–Kier alpha value is -3.97. The molecule has 186 valence electrons. The number of halogens is 2. The molecule has 3 aromatic heterocycles. The molecule has 0 atom stereocenters. The largest absolute Gasteiger partial charge is 0.405 e. The van der Waals surface area contributed by atoms with Crippen LogP contribution < -0.4 is 10.5 Å². The number of H-pyrrole nitrogens is 1. The minimum atomic E-state index is -3.86. The number of ketones is 1. The van der Waals surface area contributed by atoms with Gasteiger partial charge < -0.3 is 10.7 Å². The Morgan fingerprint density at radius 2 is 2.08 bits per heavy atom. The van der Waals surface area contributed by atoms with Gasteiger partial charge in [-0.2, -0.15) is 0 Å². The second-order valence-electron chi connectivity index (χ2n) is 7.53. The van der Waals surface area contributed by atoms with Gasteiger partial charge >= 0.3 is 0 Å². The highest BCUT2D eigenvalue weighted by atomic mass is 32.2. The van der Waals surface area contributed by atoms with Crippen LogP contribution in [0.1, 0.15) is 29.3 Å². The van der Waals surface area contributed by atoms with Crippen LogP contribution in [0.25, 0.3) is 21.5 Å². The number of pyridine rings is 1. The summed E-state index contributed by atoms with van der Waals surface area (Å²) in [6.07, 6.45) is 9.14. The molecule has 0 aliphatic carbocycles. The van der Waals surface area contributed by atoms with Crippen LogP contribution in [0.2, 0.25) is 0 Å². The lowest BCUT2D eigenvalue weighted by molar-refractivity contribution is 0.103. The molecule has 0 saturated carbocycles. The fraction of sp³-hybridized carbons (Fsp3) is 0.130. The molecule has 0 spiro atoms. The Morgan fingerprint density at radius 1 is 1.28 bits per heavy atom. The van der Waals surface area contributed by atoms with E-state index in [0.717, 1.165) is 12.1 Å². The van der Waals surface area contributed by atoms with Crippen molar-refractivity contribution in [3.63, 3.8) is 0 Å². The molecule has 0 aliphatic rings. The Bertz CT molecular complexity index is 1610. The monoisotopic (exact) mass is 530 g/mol. The Kier molecular flexibility index (Phi) is 7.22. The molecule has 13 heteroatoms. The molecule has 9 nitrogen and oxygen atoms in total. The number of anilines is 1. The van der Waals surface area contributed by atoms with E-state index in [1.165, 1.54) is 29.9 Å². The summed E-state index contributed by atoms with van der Waals surface area (Å²) in [5.41, 5.74) is 4.82. The summed E-state index contributed by atoms with van der Waals surface area (Å²) in [5.74, 6) is -3.63. The van der Waals surface area contributed by atoms with E-state index in [1.54, 1.807) is 31.5 Å². The highest BCUT2D eigenvalue weighted by molar-refractivity contribution is 7.92. The quantitative estimate of drug-likeness (QED) is 0.214. The first kappa shape index (κ1) is 25.1. The van der Waals surface area contributed by atoms with E-state index >= 15 is 4.39 Å². The molecule has 0 radical (unpaired) electrons. The van der Waals surface area contributed by atoms with E-state index in [1.807, 2.05) is 0 Å². The number of hydrogen-bond acceptors (Lipinski definition) is 8. The van der Waals surface area contributed by atoms with Crippen molar-refractivity contribution >= 4 is 55.2 Å². The maximum Gasteiger partial charge on any atom is 0.232 e. The predicted octanol–water partition coefficient (Wildman–Crippen LogP) is 4.52. The maximum absolute atomic E-state index is 15.2. The Labute approximate surface area is 208 Å². The van der Waals surface area contributed by atoms with E-state index < -0.39 is 38.7 Å². The molecular formula is C23H20F2N6O3S2. The van der Waals surface area contributed by atoms with Crippen LogP contribution in [0, 0.1) is 11.6 Å². The fourth-order valence-corrected chi connectivity index (χ4v) is 5.28. The Balaban J connectivity index is 1.72. The topological polar surface area (TPSA) is 143 Å². The number of hydrogen-bond donors (Lipinski definition) is 3. The highest BCUT2D eigenvalue weighted by Crippen LogP contribution is 2.33.